The van der Waals surface area contributed by atoms with E-state index >= 15 is 0 Å². The Labute approximate surface area is 132 Å². The molecule has 0 aliphatic rings. The second kappa shape index (κ2) is 5.94. The van der Waals surface area contributed by atoms with Gasteiger partial charge in [0.2, 0.25) is 0 Å². The Hall–Kier alpha value is -2.12. The fourth-order valence-corrected chi connectivity index (χ4v) is 3.29. The lowest BCUT2D eigenvalue weighted by Gasteiger charge is -2.05. The third kappa shape index (κ3) is 3.37. The smallest absolute Gasteiger partial charge is 0.175 e. The standard InChI is InChI=1S/C15H13NO4S2/c1-22(17,18)14-4-2-3-13(7-14)20-9-12-10-21-15(16-12)11-5-6-19-8-11/h2-8,10H,9H2,1H3. The van der Waals surface area contributed by atoms with Crippen LogP contribution >= 0.6 is 11.3 Å². The van der Waals surface area contributed by atoms with Crippen LogP contribution in [0.2, 0.25) is 0 Å². The van der Waals surface area contributed by atoms with E-state index in [2.05, 4.69) is 4.98 Å². The van der Waals surface area contributed by atoms with Crippen LogP contribution in [-0.2, 0) is 16.4 Å². The Kier molecular flexibility index (Phi) is 4.00. The van der Waals surface area contributed by atoms with Gasteiger partial charge in [0.25, 0.3) is 0 Å². The molecule has 0 N–H and O–H groups in total. The third-order valence-electron chi connectivity index (χ3n) is 2.94. The van der Waals surface area contributed by atoms with Crippen molar-refractivity contribution < 1.29 is 17.6 Å². The lowest BCUT2D eigenvalue weighted by Crippen LogP contribution is -1.99. The molecule has 0 fully saturated rings. The maximum atomic E-state index is 11.5. The van der Waals surface area contributed by atoms with Gasteiger partial charge in [-0.25, -0.2) is 13.4 Å². The van der Waals surface area contributed by atoms with Crippen molar-refractivity contribution in [3.63, 3.8) is 0 Å². The van der Waals surface area contributed by atoms with E-state index in [1.807, 2.05) is 11.4 Å². The van der Waals surface area contributed by atoms with Crippen molar-refractivity contribution in [2.75, 3.05) is 6.26 Å². The van der Waals surface area contributed by atoms with Crippen LogP contribution in [-0.4, -0.2) is 19.7 Å². The monoisotopic (exact) mass is 335 g/mol. The van der Waals surface area contributed by atoms with Crippen molar-refractivity contribution in [1.82, 2.24) is 4.98 Å². The molecule has 2 heterocycles. The van der Waals surface area contributed by atoms with Crippen molar-refractivity contribution in [2.45, 2.75) is 11.5 Å². The normalized spacial score (nSPS) is 11.5. The second-order valence-electron chi connectivity index (χ2n) is 4.69. The Bertz CT molecular complexity index is 867. The lowest BCUT2D eigenvalue weighted by atomic mass is 10.3. The van der Waals surface area contributed by atoms with Crippen molar-refractivity contribution in [3.05, 3.63) is 53.9 Å². The molecule has 0 saturated carbocycles. The molecule has 1 aromatic carbocycles. The first-order valence-electron chi connectivity index (χ1n) is 6.42. The highest BCUT2D eigenvalue weighted by Gasteiger charge is 2.09. The van der Waals surface area contributed by atoms with Gasteiger partial charge in [0, 0.05) is 17.2 Å². The zero-order chi connectivity index (χ0) is 15.6. The molecule has 0 amide bonds. The van der Waals surface area contributed by atoms with Gasteiger partial charge in [0.05, 0.1) is 16.9 Å². The van der Waals surface area contributed by atoms with E-state index < -0.39 is 9.84 Å². The van der Waals surface area contributed by atoms with Crippen LogP contribution in [0.1, 0.15) is 5.69 Å². The number of nitrogens with zero attached hydrogens (tertiary/aromatic N) is 1. The maximum absolute atomic E-state index is 11.5. The molecule has 0 spiro atoms. The molecule has 2 aromatic heterocycles. The minimum absolute atomic E-state index is 0.238. The van der Waals surface area contributed by atoms with Gasteiger partial charge in [-0.15, -0.1) is 11.3 Å². The van der Waals surface area contributed by atoms with Crippen LogP contribution in [0, 0.1) is 0 Å². The number of thiazole rings is 1. The first kappa shape index (κ1) is 14.8. The summed E-state index contributed by atoms with van der Waals surface area (Å²) in [5.41, 5.74) is 1.71. The average molecular weight is 335 g/mol. The minimum atomic E-state index is -3.24. The molecular formula is C15H13NO4S2. The summed E-state index contributed by atoms with van der Waals surface area (Å²) in [5, 5.41) is 2.76. The average Bonchev–Trinajstić information content (AvgIpc) is 3.15. The Morgan fingerprint density at radius 1 is 1.32 bits per heavy atom. The molecule has 0 bridgehead atoms. The predicted octanol–water partition coefficient (Wildman–Crippen LogP) is 3.39. The molecule has 0 aliphatic carbocycles. The van der Waals surface area contributed by atoms with E-state index in [4.69, 9.17) is 9.15 Å². The maximum Gasteiger partial charge on any atom is 0.175 e. The molecule has 3 aromatic rings. The van der Waals surface area contributed by atoms with E-state index in [-0.39, 0.29) is 11.5 Å². The molecule has 114 valence electrons. The summed E-state index contributed by atoms with van der Waals surface area (Å²) in [4.78, 5) is 4.69. The Balaban J connectivity index is 1.71. The molecule has 0 radical (unpaired) electrons. The van der Waals surface area contributed by atoms with Crippen LogP contribution in [0.5, 0.6) is 5.75 Å². The number of benzene rings is 1. The van der Waals surface area contributed by atoms with Gasteiger partial charge in [-0.1, -0.05) is 6.07 Å². The summed E-state index contributed by atoms with van der Waals surface area (Å²) in [6.45, 7) is 0.279. The van der Waals surface area contributed by atoms with Crippen molar-refractivity contribution in [3.8, 4) is 16.3 Å². The topological polar surface area (TPSA) is 69.4 Å². The molecule has 0 unspecified atom stereocenters. The number of hydrogen-bond acceptors (Lipinski definition) is 6. The number of aromatic nitrogens is 1. The molecule has 3 rings (SSSR count). The summed E-state index contributed by atoms with van der Waals surface area (Å²) in [5.74, 6) is 0.501. The van der Waals surface area contributed by atoms with Gasteiger partial charge in [-0.05, 0) is 24.3 Å². The molecule has 0 aliphatic heterocycles. The van der Waals surface area contributed by atoms with Crippen LogP contribution in [0.3, 0.4) is 0 Å². The quantitative estimate of drug-likeness (QED) is 0.715. The molecule has 5 nitrogen and oxygen atoms in total. The highest BCUT2D eigenvalue weighted by atomic mass is 32.2. The zero-order valence-corrected chi connectivity index (χ0v) is 13.4. The Morgan fingerprint density at radius 3 is 2.91 bits per heavy atom. The van der Waals surface area contributed by atoms with Crippen LogP contribution in [0.15, 0.2) is 57.6 Å². The van der Waals surface area contributed by atoms with Crippen molar-refractivity contribution >= 4 is 21.2 Å². The summed E-state index contributed by atoms with van der Waals surface area (Å²) in [7, 11) is -3.24. The minimum Gasteiger partial charge on any atom is -0.487 e. The van der Waals surface area contributed by atoms with Gasteiger partial charge in [-0.3, -0.25) is 0 Å². The number of hydrogen-bond donors (Lipinski definition) is 0. The summed E-state index contributed by atoms with van der Waals surface area (Å²) < 4.78 is 33.7. The number of ether oxygens (including phenoxy) is 1. The van der Waals surface area contributed by atoms with E-state index in [0.717, 1.165) is 16.3 Å². The largest absolute Gasteiger partial charge is 0.487 e. The van der Waals surface area contributed by atoms with Crippen molar-refractivity contribution in [2.24, 2.45) is 0 Å². The van der Waals surface area contributed by atoms with E-state index in [1.54, 1.807) is 30.7 Å². The molecule has 0 saturated heterocycles. The molecule has 7 heteroatoms. The fourth-order valence-electron chi connectivity index (χ4n) is 1.84. The van der Waals surface area contributed by atoms with E-state index in [9.17, 15) is 8.42 Å². The Morgan fingerprint density at radius 2 is 2.18 bits per heavy atom. The van der Waals surface area contributed by atoms with Gasteiger partial charge in [0.1, 0.15) is 23.6 Å². The van der Waals surface area contributed by atoms with Gasteiger partial charge < -0.3 is 9.15 Å². The summed E-state index contributed by atoms with van der Waals surface area (Å²) in [6, 6.07) is 8.28. The van der Waals surface area contributed by atoms with E-state index in [0.29, 0.717) is 5.75 Å². The third-order valence-corrected chi connectivity index (χ3v) is 4.99. The number of rotatable bonds is 5. The van der Waals surface area contributed by atoms with Crippen LogP contribution in [0.4, 0.5) is 0 Å². The SMILES string of the molecule is CS(=O)(=O)c1cccc(OCc2csc(-c3ccoc3)n2)c1. The lowest BCUT2D eigenvalue weighted by molar-refractivity contribution is 0.301. The van der Waals surface area contributed by atoms with E-state index in [1.165, 1.54) is 23.7 Å². The summed E-state index contributed by atoms with van der Waals surface area (Å²) in [6.07, 6.45) is 4.41. The highest BCUT2D eigenvalue weighted by Crippen LogP contribution is 2.25. The highest BCUT2D eigenvalue weighted by molar-refractivity contribution is 7.90. The van der Waals surface area contributed by atoms with Gasteiger partial charge >= 0.3 is 0 Å². The number of furan rings is 1. The second-order valence-corrected chi connectivity index (χ2v) is 7.57. The van der Waals surface area contributed by atoms with Crippen molar-refractivity contribution in [1.29, 1.82) is 0 Å². The number of sulfone groups is 1. The molecular weight excluding hydrogens is 322 g/mol. The first-order valence-corrected chi connectivity index (χ1v) is 9.19. The summed E-state index contributed by atoms with van der Waals surface area (Å²) >= 11 is 1.50. The van der Waals surface area contributed by atoms with Crippen LogP contribution < -0.4 is 4.74 Å². The predicted molar refractivity (Wildman–Crippen MR) is 83.7 cm³/mol. The fraction of sp³-hybridized carbons (Fsp3) is 0.133. The zero-order valence-electron chi connectivity index (χ0n) is 11.7. The molecule has 0 atom stereocenters. The molecule has 22 heavy (non-hydrogen) atoms. The van der Waals surface area contributed by atoms with Crippen LogP contribution in [0.25, 0.3) is 10.6 Å². The van der Waals surface area contributed by atoms with Gasteiger partial charge in [-0.2, -0.15) is 0 Å². The first-order chi connectivity index (χ1) is 10.5. The van der Waals surface area contributed by atoms with Gasteiger partial charge in [0.15, 0.2) is 9.84 Å².